The van der Waals surface area contributed by atoms with Crippen molar-refractivity contribution in [1.82, 2.24) is 15.5 Å². The molecule has 0 radical (unpaired) electrons. The molecular formula is C22H18N6O. The number of rotatable bonds is 4. The van der Waals surface area contributed by atoms with Gasteiger partial charge in [0.05, 0.1) is 23.4 Å². The number of carbonyl (C=O) groups excluding carboxylic acids is 1. The summed E-state index contributed by atoms with van der Waals surface area (Å²) in [7, 11) is 0. The Morgan fingerprint density at radius 2 is 1.97 bits per heavy atom. The Morgan fingerprint density at radius 1 is 1.03 bits per heavy atom. The number of nitrogens with two attached hydrogens (primary N) is 1. The van der Waals surface area contributed by atoms with Gasteiger partial charge in [0.25, 0.3) is 0 Å². The molecule has 0 saturated carbocycles. The Bertz CT molecular complexity index is 1240. The van der Waals surface area contributed by atoms with Crippen LogP contribution in [0, 0.1) is 0 Å². The SMILES string of the molecule is NC(=O)c1cccc(-c2ccc3c(n2)NNN3Cc2ccc3ncccc3c2)c1. The molecule has 0 aliphatic carbocycles. The van der Waals surface area contributed by atoms with Gasteiger partial charge in [-0.3, -0.25) is 20.2 Å². The fraction of sp³-hybridized carbons (Fsp3) is 0.0455. The Balaban J connectivity index is 1.41. The van der Waals surface area contributed by atoms with E-state index >= 15 is 0 Å². The minimum Gasteiger partial charge on any atom is -0.366 e. The van der Waals surface area contributed by atoms with E-state index in [4.69, 9.17) is 5.73 Å². The maximum Gasteiger partial charge on any atom is 0.248 e. The van der Waals surface area contributed by atoms with Gasteiger partial charge in [0.15, 0.2) is 5.82 Å². The lowest BCUT2D eigenvalue weighted by Gasteiger charge is -2.18. The summed E-state index contributed by atoms with van der Waals surface area (Å²) in [6.07, 6.45) is 1.80. The first kappa shape index (κ1) is 17.2. The number of hydrazine groups is 2. The molecule has 0 unspecified atom stereocenters. The van der Waals surface area contributed by atoms with E-state index in [1.54, 1.807) is 24.4 Å². The average molecular weight is 382 g/mol. The molecule has 3 heterocycles. The molecule has 29 heavy (non-hydrogen) atoms. The molecule has 0 saturated heterocycles. The zero-order chi connectivity index (χ0) is 19.8. The van der Waals surface area contributed by atoms with Crippen LogP contribution >= 0.6 is 0 Å². The largest absolute Gasteiger partial charge is 0.366 e. The molecule has 4 N–H and O–H groups in total. The summed E-state index contributed by atoms with van der Waals surface area (Å²) in [6, 6.07) is 21.3. The number of carbonyl (C=O) groups is 1. The van der Waals surface area contributed by atoms with Crippen molar-refractivity contribution < 1.29 is 4.79 Å². The molecule has 0 atom stereocenters. The van der Waals surface area contributed by atoms with Crippen molar-refractivity contribution >= 4 is 28.3 Å². The van der Waals surface area contributed by atoms with E-state index < -0.39 is 5.91 Å². The monoisotopic (exact) mass is 382 g/mol. The van der Waals surface area contributed by atoms with Crippen LogP contribution < -0.4 is 21.7 Å². The van der Waals surface area contributed by atoms with E-state index in [-0.39, 0.29) is 0 Å². The van der Waals surface area contributed by atoms with Gasteiger partial charge < -0.3 is 5.73 Å². The average Bonchev–Trinajstić information content (AvgIpc) is 3.15. The third-order valence-corrected chi connectivity index (χ3v) is 4.92. The number of aromatic nitrogens is 2. The van der Waals surface area contributed by atoms with E-state index in [0.29, 0.717) is 12.1 Å². The normalized spacial score (nSPS) is 12.6. The fourth-order valence-electron chi connectivity index (χ4n) is 3.47. The van der Waals surface area contributed by atoms with Gasteiger partial charge in [-0.05, 0) is 48.0 Å². The van der Waals surface area contributed by atoms with Crippen molar-refractivity contribution in [3.63, 3.8) is 0 Å². The molecule has 0 spiro atoms. The summed E-state index contributed by atoms with van der Waals surface area (Å²) < 4.78 is 0. The Morgan fingerprint density at radius 3 is 2.86 bits per heavy atom. The number of nitrogens with one attached hydrogen (secondary N) is 2. The molecule has 1 aliphatic rings. The summed E-state index contributed by atoms with van der Waals surface area (Å²) in [4.78, 5) is 20.5. The van der Waals surface area contributed by atoms with Crippen molar-refractivity contribution in [2.75, 3.05) is 10.4 Å². The van der Waals surface area contributed by atoms with E-state index in [2.05, 4.69) is 39.1 Å². The second-order valence-corrected chi connectivity index (χ2v) is 6.86. The molecule has 1 aliphatic heterocycles. The number of nitrogens with zero attached hydrogens (tertiary/aromatic N) is 3. The topological polar surface area (TPSA) is 96.2 Å². The van der Waals surface area contributed by atoms with Gasteiger partial charge in [-0.2, -0.15) is 0 Å². The lowest BCUT2D eigenvalue weighted by molar-refractivity contribution is 0.100. The lowest BCUT2D eigenvalue weighted by atomic mass is 10.1. The molecule has 2 aromatic heterocycles. The second kappa shape index (κ2) is 6.88. The van der Waals surface area contributed by atoms with Crippen molar-refractivity contribution in [3.05, 3.63) is 84.1 Å². The molecule has 0 bridgehead atoms. The van der Waals surface area contributed by atoms with Gasteiger partial charge in [-0.25, -0.2) is 4.98 Å². The molecule has 0 fully saturated rings. The first-order chi connectivity index (χ1) is 14.2. The Kier molecular flexibility index (Phi) is 4.07. The summed E-state index contributed by atoms with van der Waals surface area (Å²) in [6.45, 7) is 0.670. The number of fused-ring (bicyclic) bond motifs is 2. The highest BCUT2D eigenvalue weighted by Crippen LogP contribution is 2.31. The molecule has 142 valence electrons. The number of amides is 1. The molecule has 2 aromatic carbocycles. The quantitative estimate of drug-likeness (QED) is 0.501. The van der Waals surface area contributed by atoms with Gasteiger partial charge in [-0.1, -0.05) is 24.3 Å². The Labute approximate surface area is 167 Å². The highest BCUT2D eigenvalue weighted by atomic mass is 16.1. The molecule has 7 heteroatoms. The zero-order valence-corrected chi connectivity index (χ0v) is 15.5. The third kappa shape index (κ3) is 3.24. The van der Waals surface area contributed by atoms with Crippen LogP contribution in [-0.4, -0.2) is 15.9 Å². The Hall–Kier alpha value is -3.97. The van der Waals surface area contributed by atoms with Gasteiger partial charge in [0.2, 0.25) is 5.91 Å². The van der Waals surface area contributed by atoms with Gasteiger partial charge in [0.1, 0.15) is 0 Å². The zero-order valence-electron chi connectivity index (χ0n) is 15.5. The van der Waals surface area contributed by atoms with Crippen LogP contribution in [0.5, 0.6) is 0 Å². The predicted molar refractivity (Wildman–Crippen MR) is 113 cm³/mol. The van der Waals surface area contributed by atoms with Crippen LogP contribution in [-0.2, 0) is 6.54 Å². The first-order valence-corrected chi connectivity index (χ1v) is 9.21. The predicted octanol–water partition coefficient (Wildman–Crippen LogP) is 3.25. The third-order valence-electron chi connectivity index (χ3n) is 4.92. The highest BCUT2D eigenvalue weighted by Gasteiger charge is 2.21. The summed E-state index contributed by atoms with van der Waals surface area (Å²) in [5.74, 6) is 0.277. The van der Waals surface area contributed by atoms with E-state index in [1.165, 1.54) is 0 Å². The lowest BCUT2D eigenvalue weighted by Crippen LogP contribution is -2.35. The second-order valence-electron chi connectivity index (χ2n) is 6.86. The van der Waals surface area contributed by atoms with Crippen LogP contribution in [0.2, 0.25) is 0 Å². The smallest absolute Gasteiger partial charge is 0.248 e. The van der Waals surface area contributed by atoms with Crippen LogP contribution in [0.15, 0.2) is 72.9 Å². The van der Waals surface area contributed by atoms with E-state index in [0.717, 1.165) is 39.2 Å². The van der Waals surface area contributed by atoms with Crippen LogP contribution in [0.3, 0.4) is 0 Å². The minimum atomic E-state index is -0.454. The summed E-state index contributed by atoms with van der Waals surface area (Å²) in [5.41, 5.74) is 16.8. The van der Waals surface area contributed by atoms with Gasteiger partial charge in [-0.15, -0.1) is 5.53 Å². The van der Waals surface area contributed by atoms with Crippen LogP contribution in [0.1, 0.15) is 15.9 Å². The van der Waals surface area contributed by atoms with E-state index in [9.17, 15) is 4.79 Å². The van der Waals surface area contributed by atoms with Crippen molar-refractivity contribution in [1.29, 1.82) is 0 Å². The number of pyridine rings is 2. The molecular weight excluding hydrogens is 364 g/mol. The van der Waals surface area contributed by atoms with Crippen LogP contribution in [0.25, 0.3) is 22.2 Å². The summed E-state index contributed by atoms with van der Waals surface area (Å²) in [5, 5.41) is 3.11. The van der Waals surface area contributed by atoms with Crippen LogP contribution in [0.4, 0.5) is 11.5 Å². The minimum absolute atomic E-state index is 0.454. The van der Waals surface area contributed by atoms with Crippen molar-refractivity contribution in [2.24, 2.45) is 5.73 Å². The highest BCUT2D eigenvalue weighted by molar-refractivity contribution is 5.94. The van der Waals surface area contributed by atoms with Crippen molar-refractivity contribution in [2.45, 2.75) is 6.54 Å². The summed E-state index contributed by atoms with van der Waals surface area (Å²) >= 11 is 0. The van der Waals surface area contributed by atoms with E-state index in [1.807, 2.05) is 35.3 Å². The molecule has 4 aromatic rings. The molecule has 1 amide bonds. The number of benzene rings is 2. The number of hydrogen-bond acceptors (Lipinski definition) is 6. The maximum atomic E-state index is 11.4. The fourth-order valence-corrected chi connectivity index (χ4v) is 3.47. The number of hydrogen-bond donors (Lipinski definition) is 3. The molecule has 5 rings (SSSR count). The number of primary amides is 1. The van der Waals surface area contributed by atoms with Gasteiger partial charge in [0, 0.05) is 22.7 Å². The molecule has 7 nitrogen and oxygen atoms in total. The standard InChI is InChI=1S/C22H18N6O/c23-21(29)17-4-1-3-16(12-17)19-8-9-20-22(25-19)26-27-28(20)13-14-6-7-18-15(11-14)5-2-10-24-18/h1-12,27H,13H2,(H2,23,29)(H,25,26). The maximum absolute atomic E-state index is 11.4. The first-order valence-electron chi connectivity index (χ1n) is 9.21. The van der Waals surface area contributed by atoms with Gasteiger partial charge >= 0.3 is 0 Å². The number of anilines is 2. The van der Waals surface area contributed by atoms with Crippen molar-refractivity contribution in [3.8, 4) is 11.3 Å².